The molecule has 6 nitrogen and oxygen atoms in total. The fourth-order valence-electron chi connectivity index (χ4n) is 2.04. The Balaban J connectivity index is 1.59. The summed E-state index contributed by atoms with van der Waals surface area (Å²) >= 11 is 0. The smallest absolute Gasteiger partial charge is 0.270 e. The van der Waals surface area contributed by atoms with Crippen LogP contribution in [0.3, 0.4) is 0 Å². The molecule has 6 heteroatoms. The quantitative estimate of drug-likeness (QED) is 0.731. The third kappa shape index (κ3) is 4.16. The number of hydrogen-bond donors (Lipinski definition) is 2. The van der Waals surface area contributed by atoms with E-state index in [-0.39, 0.29) is 5.91 Å². The number of pyridine rings is 2. The minimum atomic E-state index is -0.242. The maximum atomic E-state index is 12.1. The first-order chi connectivity index (χ1) is 11.3. The largest absolute Gasteiger partial charge is 0.467 e. The van der Waals surface area contributed by atoms with Gasteiger partial charge in [0, 0.05) is 30.8 Å². The molecule has 0 saturated heterocycles. The van der Waals surface area contributed by atoms with E-state index in [0.717, 1.165) is 11.3 Å². The van der Waals surface area contributed by atoms with Crippen molar-refractivity contribution in [3.63, 3.8) is 0 Å². The summed E-state index contributed by atoms with van der Waals surface area (Å²) in [5, 5.41) is 6.03. The Kier molecular flexibility index (Phi) is 4.63. The summed E-state index contributed by atoms with van der Waals surface area (Å²) in [6.07, 6.45) is 6.67. The summed E-state index contributed by atoms with van der Waals surface area (Å²) in [4.78, 5) is 20.2. The van der Waals surface area contributed by atoms with Gasteiger partial charge in [-0.3, -0.25) is 14.8 Å². The van der Waals surface area contributed by atoms with Gasteiger partial charge in [-0.2, -0.15) is 0 Å². The predicted octanol–water partition coefficient (Wildman–Crippen LogP) is 2.61. The minimum absolute atomic E-state index is 0.242. The molecule has 0 aromatic carbocycles. The van der Waals surface area contributed by atoms with Crippen LogP contribution in [0.2, 0.25) is 0 Å². The molecule has 0 aliphatic carbocycles. The molecule has 0 atom stereocenters. The van der Waals surface area contributed by atoms with E-state index in [1.165, 1.54) is 0 Å². The Labute approximate surface area is 133 Å². The van der Waals surface area contributed by atoms with E-state index in [4.69, 9.17) is 4.42 Å². The SMILES string of the molecule is O=C(NCc1ccco1)c1cc(NCc2ccncc2)ccn1. The second kappa shape index (κ2) is 7.22. The zero-order valence-electron chi connectivity index (χ0n) is 12.4. The summed E-state index contributed by atoms with van der Waals surface area (Å²) in [6.45, 7) is 0.988. The number of carbonyl (C=O) groups excluding carboxylic acids is 1. The van der Waals surface area contributed by atoms with Gasteiger partial charge in [-0.05, 0) is 42.0 Å². The molecule has 0 fully saturated rings. The molecule has 0 spiro atoms. The second-order valence-corrected chi connectivity index (χ2v) is 4.90. The Morgan fingerprint density at radius 3 is 2.74 bits per heavy atom. The van der Waals surface area contributed by atoms with E-state index in [9.17, 15) is 4.79 Å². The van der Waals surface area contributed by atoms with Gasteiger partial charge in [0.1, 0.15) is 11.5 Å². The van der Waals surface area contributed by atoms with Crippen molar-refractivity contribution >= 4 is 11.6 Å². The van der Waals surface area contributed by atoms with Crippen molar-refractivity contribution in [2.24, 2.45) is 0 Å². The first-order valence-electron chi connectivity index (χ1n) is 7.21. The van der Waals surface area contributed by atoms with Gasteiger partial charge in [0.25, 0.3) is 5.91 Å². The van der Waals surface area contributed by atoms with Crippen LogP contribution in [-0.2, 0) is 13.1 Å². The van der Waals surface area contributed by atoms with Crippen molar-refractivity contribution in [1.29, 1.82) is 0 Å². The predicted molar refractivity (Wildman–Crippen MR) is 85.7 cm³/mol. The molecule has 0 aliphatic heterocycles. The fraction of sp³-hybridized carbons (Fsp3) is 0.118. The Morgan fingerprint density at radius 2 is 1.96 bits per heavy atom. The summed E-state index contributed by atoms with van der Waals surface area (Å²) in [5.74, 6) is 0.458. The molecule has 116 valence electrons. The third-order valence-electron chi connectivity index (χ3n) is 3.24. The zero-order valence-corrected chi connectivity index (χ0v) is 12.4. The van der Waals surface area contributed by atoms with Gasteiger partial charge < -0.3 is 15.1 Å². The zero-order chi connectivity index (χ0) is 15.9. The summed E-state index contributed by atoms with van der Waals surface area (Å²) in [6, 6.07) is 11.0. The highest BCUT2D eigenvalue weighted by molar-refractivity contribution is 5.93. The number of aromatic nitrogens is 2. The topological polar surface area (TPSA) is 80.0 Å². The molecular formula is C17H16N4O2. The van der Waals surface area contributed by atoms with Crippen LogP contribution in [0.4, 0.5) is 5.69 Å². The molecule has 23 heavy (non-hydrogen) atoms. The van der Waals surface area contributed by atoms with Gasteiger partial charge >= 0.3 is 0 Å². The molecule has 3 rings (SSSR count). The van der Waals surface area contributed by atoms with Crippen LogP contribution in [0.5, 0.6) is 0 Å². The van der Waals surface area contributed by atoms with Gasteiger partial charge in [-0.25, -0.2) is 0 Å². The molecule has 1 amide bonds. The van der Waals surface area contributed by atoms with Gasteiger partial charge in [0.15, 0.2) is 0 Å². The second-order valence-electron chi connectivity index (χ2n) is 4.90. The first kappa shape index (κ1) is 14.8. The van der Waals surface area contributed by atoms with Crippen LogP contribution in [0.25, 0.3) is 0 Å². The van der Waals surface area contributed by atoms with Crippen molar-refractivity contribution in [2.75, 3.05) is 5.32 Å². The molecule has 3 aromatic heterocycles. The highest BCUT2D eigenvalue weighted by Crippen LogP contribution is 2.10. The monoisotopic (exact) mass is 308 g/mol. The van der Waals surface area contributed by atoms with E-state index in [1.54, 1.807) is 43.1 Å². The number of amides is 1. The van der Waals surface area contributed by atoms with E-state index in [2.05, 4.69) is 20.6 Å². The Hall–Kier alpha value is -3.15. The number of carbonyl (C=O) groups is 1. The van der Waals surface area contributed by atoms with Crippen molar-refractivity contribution in [3.05, 3.63) is 78.3 Å². The maximum absolute atomic E-state index is 12.1. The lowest BCUT2D eigenvalue weighted by atomic mass is 10.2. The first-order valence-corrected chi connectivity index (χ1v) is 7.21. The lowest BCUT2D eigenvalue weighted by Gasteiger charge is -2.08. The van der Waals surface area contributed by atoms with Crippen molar-refractivity contribution in [2.45, 2.75) is 13.1 Å². The molecule has 0 aliphatic rings. The maximum Gasteiger partial charge on any atom is 0.270 e. The summed E-state index contributed by atoms with van der Waals surface area (Å²) in [5.41, 5.74) is 2.30. The average molecular weight is 308 g/mol. The van der Waals surface area contributed by atoms with Crippen molar-refractivity contribution < 1.29 is 9.21 Å². The Morgan fingerprint density at radius 1 is 1.09 bits per heavy atom. The molecule has 3 heterocycles. The lowest BCUT2D eigenvalue weighted by Crippen LogP contribution is -2.23. The highest BCUT2D eigenvalue weighted by atomic mass is 16.3. The molecule has 0 unspecified atom stereocenters. The van der Waals surface area contributed by atoms with Crippen LogP contribution in [0.1, 0.15) is 21.8 Å². The Bertz CT molecular complexity index is 757. The van der Waals surface area contributed by atoms with Crippen molar-refractivity contribution in [1.82, 2.24) is 15.3 Å². The van der Waals surface area contributed by atoms with Crippen LogP contribution in [-0.4, -0.2) is 15.9 Å². The summed E-state index contributed by atoms with van der Waals surface area (Å²) in [7, 11) is 0. The standard InChI is InChI=1S/C17H16N4O2/c22-17(21-12-15-2-1-9-23-15)16-10-14(5-8-19-16)20-11-13-3-6-18-7-4-13/h1-10H,11-12H2,(H,19,20)(H,21,22). The number of nitrogens with one attached hydrogen (secondary N) is 2. The third-order valence-corrected chi connectivity index (χ3v) is 3.24. The van der Waals surface area contributed by atoms with Gasteiger partial charge in [0.05, 0.1) is 12.8 Å². The fourth-order valence-corrected chi connectivity index (χ4v) is 2.04. The molecule has 3 aromatic rings. The number of anilines is 1. The van der Waals surface area contributed by atoms with Gasteiger partial charge in [-0.1, -0.05) is 0 Å². The molecule has 0 bridgehead atoms. The van der Waals surface area contributed by atoms with E-state index in [0.29, 0.717) is 24.5 Å². The van der Waals surface area contributed by atoms with E-state index >= 15 is 0 Å². The van der Waals surface area contributed by atoms with Gasteiger partial charge in [-0.15, -0.1) is 0 Å². The minimum Gasteiger partial charge on any atom is -0.467 e. The average Bonchev–Trinajstić information content (AvgIpc) is 3.12. The van der Waals surface area contributed by atoms with Crippen LogP contribution in [0, 0.1) is 0 Å². The number of hydrogen-bond acceptors (Lipinski definition) is 5. The van der Waals surface area contributed by atoms with Crippen LogP contribution < -0.4 is 10.6 Å². The lowest BCUT2D eigenvalue weighted by molar-refractivity contribution is 0.0943. The normalized spacial score (nSPS) is 10.3. The number of nitrogens with zero attached hydrogens (tertiary/aromatic N) is 2. The molecule has 0 saturated carbocycles. The molecular weight excluding hydrogens is 292 g/mol. The van der Waals surface area contributed by atoms with Crippen LogP contribution >= 0.6 is 0 Å². The summed E-state index contributed by atoms with van der Waals surface area (Å²) < 4.78 is 5.18. The van der Waals surface area contributed by atoms with E-state index < -0.39 is 0 Å². The molecule has 2 N–H and O–H groups in total. The van der Waals surface area contributed by atoms with Crippen LogP contribution in [0.15, 0.2) is 65.7 Å². The number of rotatable bonds is 6. The number of furan rings is 1. The highest BCUT2D eigenvalue weighted by Gasteiger charge is 2.08. The molecule has 0 radical (unpaired) electrons. The van der Waals surface area contributed by atoms with Crippen molar-refractivity contribution in [3.8, 4) is 0 Å². The van der Waals surface area contributed by atoms with E-state index in [1.807, 2.05) is 18.2 Å². The van der Waals surface area contributed by atoms with Gasteiger partial charge in [0.2, 0.25) is 0 Å².